The van der Waals surface area contributed by atoms with Crippen molar-refractivity contribution in [2.75, 3.05) is 0 Å². The van der Waals surface area contributed by atoms with Crippen LogP contribution in [-0.2, 0) is 6.42 Å². The van der Waals surface area contributed by atoms with Crippen LogP contribution in [0.3, 0.4) is 0 Å². The van der Waals surface area contributed by atoms with Crippen LogP contribution >= 0.6 is 0 Å². The van der Waals surface area contributed by atoms with E-state index in [9.17, 15) is 0 Å². The van der Waals surface area contributed by atoms with Crippen molar-refractivity contribution in [1.82, 2.24) is 4.98 Å². The molecule has 0 saturated carbocycles. The van der Waals surface area contributed by atoms with Gasteiger partial charge in [0.1, 0.15) is 0 Å². The summed E-state index contributed by atoms with van der Waals surface area (Å²) in [6, 6.07) is 12.8. The van der Waals surface area contributed by atoms with E-state index in [-0.39, 0.29) is 6.04 Å². The SMILES string of the molecule is Cc1ccc(CCC(N)c2ccc(C)nc2)cc1. The number of hydrogen-bond acceptors (Lipinski definition) is 2. The zero-order valence-electron chi connectivity index (χ0n) is 11.1. The fraction of sp³-hybridized carbons (Fsp3) is 0.312. The number of pyridine rings is 1. The molecular formula is C16H20N2. The first-order valence-electron chi connectivity index (χ1n) is 6.39. The van der Waals surface area contributed by atoms with Crippen molar-refractivity contribution in [2.45, 2.75) is 32.7 Å². The quantitative estimate of drug-likeness (QED) is 0.890. The van der Waals surface area contributed by atoms with Crippen LogP contribution < -0.4 is 5.73 Å². The van der Waals surface area contributed by atoms with Crippen LogP contribution in [0.25, 0.3) is 0 Å². The Morgan fingerprint density at radius 1 is 1.06 bits per heavy atom. The minimum Gasteiger partial charge on any atom is -0.324 e. The molecule has 1 aromatic heterocycles. The highest BCUT2D eigenvalue weighted by Crippen LogP contribution is 2.16. The van der Waals surface area contributed by atoms with E-state index in [2.05, 4.69) is 42.2 Å². The van der Waals surface area contributed by atoms with Gasteiger partial charge >= 0.3 is 0 Å². The standard InChI is InChI=1S/C16H20N2/c1-12-3-6-14(7-4-12)8-10-16(17)15-9-5-13(2)18-11-15/h3-7,9,11,16H,8,10,17H2,1-2H3. The van der Waals surface area contributed by atoms with Crippen LogP contribution in [0, 0.1) is 13.8 Å². The third kappa shape index (κ3) is 3.41. The first-order chi connectivity index (χ1) is 8.65. The first kappa shape index (κ1) is 12.8. The maximum atomic E-state index is 6.18. The van der Waals surface area contributed by atoms with Gasteiger partial charge in [0.25, 0.3) is 0 Å². The lowest BCUT2D eigenvalue weighted by Crippen LogP contribution is -2.11. The van der Waals surface area contributed by atoms with E-state index in [1.807, 2.05) is 19.2 Å². The molecule has 1 aromatic carbocycles. The average molecular weight is 240 g/mol. The molecule has 0 aliphatic carbocycles. The van der Waals surface area contributed by atoms with Crippen molar-refractivity contribution in [3.05, 3.63) is 65.0 Å². The third-order valence-electron chi connectivity index (χ3n) is 3.23. The summed E-state index contributed by atoms with van der Waals surface area (Å²) in [6.07, 6.45) is 3.85. The van der Waals surface area contributed by atoms with Gasteiger partial charge in [-0.15, -0.1) is 0 Å². The average Bonchev–Trinajstić information content (AvgIpc) is 2.38. The van der Waals surface area contributed by atoms with Gasteiger partial charge in [-0.2, -0.15) is 0 Å². The van der Waals surface area contributed by atoms with Gasteiger partial charge in [0, 0.05) is 17.9 Å². The molecule has 1 atom stereocenters. The Morgan fingerprint density at radius 2 is 1.78 bits per heavy atom. The largest absolute Gasteiger partial charge is 0.324 e. The van der Waals surface area contributed by atoms with E-state index in [0.29, 0.717) is 0 Å². The molecule has 0 aliphatic heterocycles. The number of nitrogens with zero attached hydrogens (tertiary/aromatic N) is 1. The van der Waals surface area contributed by atoms with Crippen molar-refractivity contribution in [3.8, 4) is 0 Å². The van der Waals surface area contributed by atoms with Gasteiger partial charge in [-0.1, -0.05) is 35.9 Å². The van der Waals surface area contributed by atoms with Gasteiger partial charge in [0.2, 0.25) is 0 Å². The second-order valence-corrected chi connectivity index (χ2v) is 4.86. The van der Waals surface area contributed by atoms with E-state index in [0.717, 1.165) is 24.1 Å². The predicted molar refractivity (Wildman–Crippen MR) is 75.4 cm³/mol. The lowest BCUT2D eigenvalue weighted by molar-refractivity contribution is 0.648. The van der Waals surface area contributed by atoms with E-state index in [1.165, 1.54) is 11.1 Å². The Labute approximate surface area is 109 Å². The molecular weight excluding hydrogens is 220 g/mol. The fourth-order valence-electron chi connectivity index (χ4n) is 1.94. The maximum Gasteiger partial charge on any atom is 0.0372 e. The van der Waals surface area contributed by atoms with Gasteiger partial charge in [-0.05, 0) is 43.9 Å². The molecule has 0 saturated heterocycles. The molecule has 0 radical (unpaired) electrons. The van der Waals surface area contributed by atoms with Crippen molar-refractivity contribution in [3.63, 3.8) is 0 Å². The highest BCUT2D eigenvalue weighted by atomic mass is 14.7. The number of hydrogen-bond donors (Lipinski definition) is 1. The molecule has 2 aromatic rings. The Morgan fingerprint density at radius 3 is 2.39 bits per heavy atom. The molecule has 2 heteroatoms. The van der Waals surface area contributed by atoms with Crippen molar-refractivity contribution >= 4 is 0 Å². The van der Waals surface area contributed by atoms with Crippen LogP contribution in [0.2, 0.25) is 0 Å². The Balaban J connectivity index is 1.93. The number of rotatable bonds is 4. The van der Waals surface area contributed by atoms with Crippen molar-refractivity contribution in [1.29, 1.82) is 0 Å². The molecule has 0 fully saturated rings. The summed E-state index contributed by atoms with van der Waals surface area (Å²) in [7, 11) is 0. The minimum atomic E-state index is 0.0689. The number of aryl methyl sites for hydroxylation is 3. The normalized spacial score (nSPS) is 12.4. The van der Waals surface area contributed by atoms with Crippen LogP contribution in [0.4, 0.5) is 0 Å². The number of benzene rings is 1. The Bertz CT molecular complexity index is 486. The summed E-state index contributed by atoms with van der Waals surface area (Å²) in [6.45, 7) is 4.09. The molecule has 0 amide bonds. The molecule has 94 valence electrons. The molecule has 18 heavy (non-hydrogen) atoms. The zero-order chi connectivity index (χ0) is 13.0. The predicted octanol–water partition coefficient (Wildman–Crippen LogP) is 3.33. The summed E-state index contributed by atoms with van der Waals surface area (Å²) in [5.41, 5.74) is 11.0. The lowest BCUT2D eigenvalue weighted by Gasteiger charge is -2.12. The topological polar surface area (TPSA) is 38.9 Å². The van der Waals surface area contributed by atoms with E-state index < -0.39 is 0 Å². The van der Waals surface area contributed by atoms with Gasteiger partial charge in [0.15, 0.2) is 0 Å². The van der Waals surface area contributed by atoms with Gasteiger partial charge in [0.05, 0.1) is 0 Å². The molecule has 2 nitrogen and oxygen atoms in total. The number of aromatic nitrogens is 1. The molecule has 2 N–H and O–H groups in total. The van der Waals surface area contributed by atoms with E-state index >= 15 is 0 Å². The Hall–Kier alpha value is -1.67. The third-order valence-corrected chi connectivity index (χ3v) is 3.23. The highest BCUT2D eigenvalue weighted by molar-refractivity contribution is 5.22. The van der Waals surface area contributed by atoms with Crippen LogP contribution in [0.15, 0.2) is 42.6 Å². The lowest BCUT2D eigenvalue weighted by atomic mass is 10.0. The van der Waals surface area contributed by atoms with Crippen LogP contribution in [-0.4, -0.2) is 4.98 Å². The summed E-state index contributed by atoms with van der Waals surface area (Å²) in [4.78, 5) is 4.29. The van der Waals surface area contributed by atoms with Crippen LogP contribution in [0.5, 0.6) is 0 Å². The highest BCUT2D eigenvalue weighted by Gasteiger charge is 2.06. The summed E-state index contributed by atoms with van der Waals surface area (Å²) in [5.74, 6) is 0. The number of nitrogens with two attached hydrogens (primary N) is 1. The Kier molecular flexibility index (Phi) is 4.11. The van der Waals surface area contributed by atoms with Gasteiger partial charge in [-0.25, -0.2) is 0 Å². The molecule has 0 bridgehead atoms. The minimum absolute atomic E-state index is 0.0689. The van der Waals surface area contributed by atoms with Gasteiger partial charge in [-0.3, -0.25) is 4.98 Å². The smallest absolute Gasteiger partial charge is 0.0372 e. The van der Waals surface area contributed by atoms with Crippen LogP contribution in [0.1, 0.15) is 34.8 Å². The maximum absolute atomic E-state index is 6.18. The first-order valence-corrected chi connectivity index (χ1v) is 6.39. The fourth-order valence-corrected chi connectivity index (χ4v) is 1.94. The van der Waals surface area contributed by atoms with E-state index in [1.54, 1.807) is 0 Å². The van der Waals surface area contributed by atoms with Crippen molar-refractivity contribution in [2.24, 2.45) is 5.73 Å². The summed E-state index contributed by atoms with van der Waals surface area (Å²) >= 11 is 0. The second-order valence-electron chi connectivity index (χ2n) is 4.86. The second kappa shape index (κ2) is 5.78. The molecule has 1 heterocycles. The summed E-state index contributed by atoms with van der Waals surface area (Å²) in [5, 5.41) is 0. The van der Waals surface area contributed by atoms with Gasteiger partial charge < -0.3 is 5.73 Å². The van der Waals surface area contributed by atoms with Crippen molar-refractivity contribution < 1.29 is 0 Å². The zero-order valence-corrected chi connectivity index (χ0v) is 11.1. The monoisotopic (exact) mass is 240 g/mol. The van der Waals surface area contributed by atoms with E-state index in [4.69, 9.17) is 5.73 Å². The molecule has 0 spiro atoms. The molecule has 0 aliphatic rings. The summed E-state index contributed by atoms with van der Waals surface area (Å²) < 4.78 is 0. The molecule has 1 unspecified atom stereocenters. The molecule has 2 rings (SSSR count).